The predicted molar refractivity (Wildman–Crippen MR) is 71.4 cm³/mol. The molecule has 1 amide bonds. The van der Waals surface area contributed by atoms with Gasteiger partial charge in [0.1, 0.15) is 4.60 Å². The molecule has 1 N–H and O–H groups in total. The van der Waals surface area contributed by atoms with Crippen LogP contribution in [0.5, 0.6) is 0 Å². The van der Waals surface area contributed by atoms with Gasteiger partial charge >= 0.3 is 0 Å². The summed E-state index contributed by atoms with van der Waals surface area (Å²) in [4.78, 5) is 20.7. The summed E-state index contributed by atoms with van der Waals surface area (Å²) < 4.78 is 0.640. The molecular formula is C11H10BrN3OS. The molecular weight excluding hydrogens is 302 g/mol. The molecule has 0 unspecified atom stereocenters. The van der Waals surface area contributed by atoms with E-state index in [4.69, 9.17) is 0 Å². The Kier molecular flexibility index (Phi) is 3.86. The maximum Gasteiger partial charge on any atom is 0.267 e. The Morgan fingerprint density at radius 2 is 2.29 bits per heavy atom. The Bertz CT molecular complexity index is 524. The minimum absolute atomic E-state index is 0.131. The van der Waals surface area contributed by atoms with Crippen molar-refractivity contribution in [2.45, 2.75) is 13.3 Å². The lowest BCUT2D eigenvalue weighted by atomic mass is 10.2. The second kappa shape index (κ2) is 5.37. The van der Waals surface area contributed by atoms with Crippen LogP contribution in [0, 0.1) is 0 Å². The molecule has 0 bridgehead atoms. The van der Waals surface area contributed by atoms with Crippen molar-refractivity contribution in [2.75, 3.05) is 5.32 Å². The number of carbonyl (C=O) groups excluding carboxylic acids is 1. The van der Waals surface area contributed by atoms with Gasteiger partial charge in [0.15, 0.2) is 5.82 Å². The van der Waals surface area contributed by atoms with Crippen LogP contribution >= 0.6 is 27.3 Å². The van der Waals surface area contributed by atoms with Gasteiger partial charge in [-0.25, -0.2) is 9.97 Å². The summed E-state index contributed by atoms with van der Waals surface area (Å²) in [6.07, 6.45) is 3.91. The van der Waals surface area contributed by atoms with Gasteiger partial charge in [0.25, 0.3) is 5.91 Å². The molecule has 6 heteroatoms. The first-order valence-corrected chi connectivity index (χ1v) is 6.73. The van der Waals surface area contributed by atoms with Gasteiger partial charge < -0.3 is 5.32 Å². The number of anilines is 1. The van der Waals surface area contributed by atoms with E-state index in [-0.39, 0.29) is 5.91 Å². The molecule has 0 radical (unpaired) electrons. The molecule has 0 aromatic carbocycles. The molecule has 0 saturated carbocycles. The lowest BCUT2D eigenvalue weighted by Crippen LogP contribution is -2.13. The van der Waals surface area contributed by atoms with Crippen molar-refractivity contribution in [3.63, 3.8) is 0 Å². The van der Waals surface area contributed by atoms with Gasteiger partial charge in [-0.3, -0.25) is 4.79 Å². The molecule has 0 aliphatic rings. The number of amides is 1. The van der Waals surface area contributed by atoms with Crippen LogP contribution in [-0.2, 0) is 6.42 Å². The lowest BCUT2D eigenvalue weighted by molar-refractivity contribution is 0.102. The van der Waals surface area contributed by atoms with E-state index in [1.807, 2.05) is 18.4 Å². The van der Waals surface area contributed by atoms with Crippen molar-refractivity contribution in [2.24, 2.45) is 0 Å². The first-order chi connectivity index (χ1) is 8.20. The number of thiophene rings is 1. The van der Waals surface area contributed by atoms with Crippen molar-refractivity contribution in [3.8, 4) is 0 Å². The van der Waals surface area contributed by atoms with Gasteiger partial charge in [0.2, 0.25) is 0 Å². The molecule has 2 aromatic heterocycles. The highest BCUT2D eigenvalue weighted by molar-refractivity contribution is 9.10. The van der Waals surface area contributed by atoms with E-state index in [0.717, 1.165) is 16.9 Å². The number of hydrogen-bond acceptors (Lipinski definition) is 4. The number of rotatable bonds is 3. The molecule has 17 heavy (non-hydrogen) atoms. The van der Waals surface area contributed by atoms with E-state index >= 15 is 0 Å². The van der Waals surface area contributed by atoms with E-state index in [1.54, 1.807) is 6.20 Å². The summed E-state index contributed by atoms with van der Waals surface area (Å²) in [5, 5.41) is 4.64. The molecule has 4 nitrogen and oxygen atoms in total. The molecule has 0 saturated heterocycles. The van der Waals surface area contributed by atoms with Crippen molar-refractivity contribution in [1.29, 1.82) is 0 Å². The van der Waals surface area contributed by atoms with Crippen LogP contribution in [0.15, 0.2) is 28.4 Å². The van der Waals surface area contributed by atoms with E-state index in [0.29, 0.717) is 10.4 Å². The van der Waals surface area contributed by atoms with E-state index < -0.39 is 0 Å². The summed E-state index contributed by atoms with van der Waals surface area (Å²) in [7, 11) is 0. The highest BCUT2D eigenvalue weighted by Gasteiger charge is 2.12. The van der Waals surface area contributed by atoms with Gasteiger partial charge in [-0.2, -0.15) is 0 Å². The Balaban J connectivity index is 2.14. The van der Waals surface area contributed by atoms with E-state index in [2.05, 4.69) is 31.2 Å². The molecule has 0 spiro atoms. The predicted octanol–water partition coefficient (Wildman–Crippen LogP) is 3.12. The number of hydrogen-bond donors (Lipinski definition) is 1. The molecule has 88 valence electrons. The van der Waals surface area contributed by atoms with Gasteiger partial charge in [0.05, 0.1) is 17.3 Å². The average Bonchev–Trinajstić information content (AvgIpc) is 2.80. The first kappa shape index (κ1) is 12.2. The summed E-state index contributed by atoms with van der Waals surface area (Å²) >= 11 is 4.62. The van der Waals surface area contributed by atoms with Gasteiger partial charge in [-0.15, -0.1) is 11.3 Å². The fourth-order valence-electron chi connectivity index (χ4n) is 1.36. The third-order valence-electron chi connectivity index (χ3n) is 2.20. The number of nitrogens with one attached hydrogen (secondary N) is 1. The first-order valence-electron chi connectivity index (χ1n) is 5.06. The Morgan fingerprint density at radius 3 is 2.94 bits per heavy atom. The monoisotopic (exact) mass is 311 g/mol. The molecule has 2 rings (SSSR count). The Morgan fingerprint density at radius 1 is 1.47 bits per heavy atom. The van der Waals surface area contributed by atoms with Crippen LogP contribution < -0.4 is 5.32 Å². The van der Waals surface area contributed by atoms with Gasteiger partial charge in [0, 0.05) is 0 Å². The fourth-order valence-corrected chi connectivity index (χ4v) is 2.46. The molecule has 0 fully saturated rings. The largest absolute Gasteiger partial charge is 0.305 e. The van der Waals surface area contributed by atoms with Crippen LogP contribution in [0.4, 0.5) is 5.82 Å². The topological polar surface area (TPSA) is 54.9 Å². The number of aromatic nitrogens is 2. The minimum atomic E-state index is -0.131. The average molecular weight is 312 g/mol. The molecule has 0 atom stereocenters. The molecule has 0 aliphatic heterocycles. The van der Waals surface area contributed by atoms with Crippen molar-refractivity contribution >= 4 is 39.0 Å². The minimum Gasteiger partial charge on any atom is -0.305 e. The lowest BCUT2D eigenvalue weighted by Gasteiger charge is -2.03. The third kappa shape index (κ3) is 2.89. The number of carbonyl (C=O) groups is 1. The number of aryl methyl sites for hydroxylation is 1. The van der Waals surface area contributed by atoms with E-state index in [9.17, 15) is 4.79 Å². The van der Waals surface area contributed by atoms with Crippen molar-refractivity contribution in [1.82, 2.24) is 9.97 Å². The number of nitrogens with zero attached hydrogens (tertiary/aromatic N) is 2. The second-order valence-electron chi connectivity index (χ2n) is 3.31. The van der Waals surface area contributed by atoms with E-state index in [1.165, 1.54) is 17.5 Å². The highest BCUT2D eigenvalue weighted by atomic mass is 79.9. The van der Waals surface area contributed by atoms with Gasteiger partial charge in [-0.1, -0.05) is 6.92 Å². The van der Waals surface area contributed by atoms with Crippen LogP contribution in [0.1, 0.15) is 22.2 Å². The zero-order chi connectivity index (χ0) is 12.3. The number of halogens is 1. The normalized spacial score (nSPS) is 10.2. The van der Waals surface area contributed by atoms with Crippen LogP contribution in [0.2, 0.25) is 0 Å². The molecule has 0 aliphatic carbocycles. The third-order valence-corrected chi connectivity index (χ3v) is 3.56. The molecule has 2 heterocycles. The SMILES string of the molecule is CCc1ccsc1C(=O)Nc1cnc(Br)cn1. The van der Waals surface area contributed by atoms with Crippen LogP contribution in [-0.4, -0.2) is 15.9 Å². The quantitative estimate of drug-likeness (QED) is 0.947. The standard InChI is InChI=1S/C11H10BrN3OS/c1-2-7-3-4-17-10(7)11(16)15-9-6-13-8(12)5-14-9/h3-6H,2H2,1H3,(H,14,15,16). The Hall–Kier alpha value is -1.27. The summed E-state index contributed by atoms with van der Waals surface area (Å²) in [6.45, 7) is 2.03. The maximum absolute atomic E-state index is 12.0. The summed E-state index contributed by atoms with van der Waals surface area (Å²) in [5.74, 6) is 0.321. The molecule has 2 aromatic rings. The summed E-state index contributed by atoms with van der Waals surface area (Å²) in [5.41, 5.74) is 1.05. The maximum atomic E-state index is 12.0. The summed E-state index contributed by atoms with van der Waals surface area (Å²) in [6, 6.07) is 1.97. The second-order valence-corrected chi connectivity index (χ2v) is 5.04. The van der Waals surface area contributed by atoms with Crippen molar-refractivity contribution < 1.29 is 4.79 Å². The van der Waals surface area contributed by atoms with Gasteiger partial charge in [-0.05, 0) is 39.4 Å². The highest BCUT2D eigenvalue weighted by Crippen LogP contribution is 2.18. The van der Waals surface area contributed by atoms with Crippen LogP contribution in [0.3, 0.4) is 0 Å². The van der Waals surface area contributed by atoms with Crippen LogP contribution in [0.25, 0.3) is 0 Å². The Labute approximate surface area is 111 Å². The van der Waals surface area contributed by atoms with Crippen molar-refractivity contribution in [3.05, 3.63) is 38.9 Å². The zero-order valence-corrected chi connectivity index (χ0v) is 11.5. The fraction of sp³-hybridized carbons (Fsp3) is 0.182. The smallest absolute Gasteiger partial charge is 0.267 e. The zero-order valence-electron chi connectivity index (χ0n) is 9.11.